The molecule has 0 rings (SSSR count). The Morgan fingerprint density at radius 2 is 1.81 bits per heavy atom. The fourth-order valence-corrected chi connectivity index (χ4v) is 2.01. The van der Waals surface area contributed by atoms with E-state index in [1.54, 1.807) is 6.92 Å². The third-order valence-corrected chi connectivity index (χ3v) is 3.62. The monoisotopic (exact) mass is 324 g/mol. The minimum atomic E-state index is -3.89. The maximum atomic E-state index is 11.1. The molecule has 0 saturated carbocycles. The van der Waals surface area contributed by atoms with Crippen LogP contribution in [-0.2, 0) is 24.4 Å². The van der Waals surface area contributed by atoms with Crippen LogP contribution in [0.3, 0.4) is 0 Å². The molecule has 124 valence electrons. The second-order valence-corrected chi connectivity index (χ2v) is 7.12. The molecular weight excluding hydrogens is 298 g/mol. The second kappa shape index (κ2) is 9.14. The molecule has 0 radical (unpaired) electrons. The van der Waals surface area contributed by atoms with E-state index in [4.69, 9.17) is 14.0 Å². The molecule has 0 saturated heterocycles. The van der Waals surface area contributed by atoms with E-state index in [-0.39, 0.29) is 12.4 Å². The van der Waals surface area contributed by atoms with Crippen molar-refractivity contribution in [3.05, 3.63) is 12.2 Å². The highest BCUT2D eigenvalue weighted by Gasteiger charge is 2.16. The third-order valence-electron chi connectivity index (χ3n) is 2.82. The first-order chi connectivity index (χ1) is 9.53. The van der Waals surface area contributed by atoms with E-state index in [1.165, 1.54) is 0 Å². The summed E-state index contributed by atoms with van der Waals surface area (Å²) in [6, 6.07) is 0. The van der Waals surface area contributed by atoms with Gasteiger partial charge in [-0.2, -0.15) is 8.42 Å². The first kappa shape index (κ1) is 20.0. The predicted molar refractivity (Wildman–Crippen MR) is 79.5 cm³/mol. The molecule has 0 amide bonds. The molecular formula is C13H26NO6S+. The Balaban J connectivity index is 3.70. The summed E-state index contributed by atoms with van der Waals surface area (Å²) in [4.78, 5) is 11.1. The number of nitrogens with zero attached hydrogens (tertiary/aromatic N) is 1. The van der Waals surface area contributed by atoms with Crippen molar-refractivity contribution in [2.75, 3.05) is 52.8 Å². The summed E-state index contributed by atoms with van der Waals surface area (Å²) in [5.74, 6) is -0.660. The highest BCUT2D eigenvalue weighted by Crippen LogP contribution is 2.01. The van der Waals surface area contributed by atoms with Gasteiger partial charge in [0.1, 0.15) is 13.2 Å². The van der Waals surface area contributed by atoms with Gasteiger partial charge in [0.05, 0.1) is 39.6 Å². The van der Waals surface area contributed by atoms with E-state index >= 15 is 0 Å². The van der Waals surface area contributed by atoms with Gasteiger partial charge >= 0.3 is 5.97 Å². The highest BCUT2D eigenvalue weighted by molar-refractivity contribution is 7.85. The van der Waals surface area contributed by atoms with Gasteiger partial charge in [-0.15, -0.1) is 0 Å². The Labute approximate surface area is 126 Å². The lowest BCUT2D eigenvalue weighted by Crippen LogP contribution is -2.43. The fraction of sp³-hybridized carbons (Fsp3) is 0.769. The number of esters is 1. The summed E-state index contributed by atoms with van der Waals surface area (Å²) < 4.78 is 40.7. The molecule has 0 spiro atoms. The summed E-state index contributed by atoms with van der Waals surface area (Å²) in [5, 5.41) is 0. The van der Waals surface area contributed by atoms with Crippen LogP contribution in [0.2, 0.25) is 0 Å². The first-order valence-electron chi connectivity index (χ1n) is 6.71. The van der Waals surface area contributed by atoms with Gasteiger partial charge in [-0.25, -0.2) is 4.79 Å². The lowest BCUT2D eigenvalue weighted by atomic mass is 10.3. The third kappa shape index (κ3) is 12.5. The normalized spacial score (nSPS) is 12.2. The van der Waals surface area contributed by atoms with Crippen molar-refractivity contribution in [3.8, 4) is 0 Å². The largest absolute Gasteiger partial charge is 0.460 e. The lowest BCUT2D eigenvalue weighted by Gasteiger charge is -2.29. The van der Waals surface area contributed by atoms with E-state index in [0.717, 1.165) is 0 Å². The van der Waals surface area contributed by atoms with Crippen LogP contribution < -0.4 is 0 Å². The number of hydrogen-bond donors (Lipinski definition) is 1. The van der Waals surface area contributed by atoms with Crippen LogP contribution >= 0.6 is 0 Å². The van der Waals surface area contributed by atoms with E-state index in [0.29, 0.717) is 42.8 Å². The van der Waals surface area contributed by atoms with Crippen LogP contribution in [0.25, 0.3) is 0 Å². The highest BCUT2D eigenvalue weighted by atomic mass is 32.2. The summed E-state index contributed by atoms with van der Waals surface area (Å²) in [6.45, 7) is 7.33. The van der Waals surface area contributed by atoms with Gasteiger partial charge in [-0.05, 0) is 6.92 Å². The van der Waals surface area contributed by atoms with Gasteiger partial charge < -0.3 is 14.0 Å². The molecule has 0 aromatic heterocycles. The quantitative estimate of drug-likeness (QED) is 0.195. The molecule has 0 aliphatic heterocycles. The number of carbonyl (C=O) groups is 1. The zero-order chi connectivity index (χ0) is 16.5. The van der Waals surface area contributed by atoms with Gasteiger partial charge in [0, 0.05) is 12.0 Å². The Morgan fingerprint density at radius 3 is 2.33 bits per heavy atom. The van der Waals surface area contributed by atoms with E-state index in [9.17, 15) is 13.2 Å². The number of likely N-dealkylation sites (N-methyl/N-ethyl adjacent to an activating group) is 1. The molecule has 7 nitrogen and oxygen atoms in total. The van der Waals surface area contributed by atoms with Crippen LogP contribution in [0.15, 0.2) is 12.2 Å². The summed E-state index contributed by atoms with van der Waals surface area (Å²) in [7, 11) is 0.0145. The fourth-order valence-electron chi connectivity index (χ4n) is 1.52. The Kier molecular flexibility index (Phi) is 8.72. The molecule has 0 aliphatic rings. The van der Waals surface area contributed by atoms with E-state index in [2.05, 4.69) is 6.58 Å². The molecule has 0 aromatic rings. The topological polar surface area (TPSA) is 89.9 Å². The van der Waals surface area contributed by atoms with Crippen molar-refractivity contribution in [2.24, 2.45) is 0 Å². The molecule has 1 N–H and O–H groups in total. The number of quaternary nitrogens is 1. The minimum absolute atomic E-state index is 0.182. The van der Waals surface area contributed by atoms with Crippen LogP contribution in [-0.4, -0.2) is 76.2 Å². The summed E-state index contributed by atoms with van der Waals surface area (Å²) in [6.07, 6.45) is 0.391. The molecule has 0 bridgehead atoms. The molecule has 0 aliphatic carbocycles. The zero-order valence-corrected chi connectivity index (χ0v) is 13.8. The predicted octanol–water partition coefficient (Wildman–Crippen LogP) is 0.477. The molecule has 0 fully saturated rings. The van der Waals surface area contributed by atoms with Crippen LogP contribution in [0.5, 0.6) is 0 Å². The smallest absolute Gasteiger partial charge is 0.333 e. The summed E-state index contributed by atoms with van der Waals surface area (Å²) >= 11 is 0. The average Bonchev–Trinajstić information content (AvgIpc) is 2.30. The molecule has 21 heavy (non-hydrogen) atoms. The molecule has 8 heteroatoms. The number of carbonyl (C=O) groups excluding carboxylic acids is 1. The zero-order valence-electron chi connectivity index (χ0n) is 13.0. The van der Waals surface area contributed by atoms with Gasteiger partial charge in [0.15, 0.2) is 0 Å². The number of ether oxygens (including phenoxy) is 2. The maximum Gasteiger partial charge on any atom is 0.333 e. The number of rotatable bonds is 11. The molecule has 0 aromatic carbocycles. The van der Waals surface area contributed by atoms with E-state index < -0.39 is 16.1 Å². The van der Waals surface area contributed by atoms with Crippen LogP contribution in [0.1, 0.15) is 13.3 Å². The van der Waals surface area contributed by atoms with Crippen molar-refractivity contribution in [3.63, 3.8) is 0 Å². The molecule has 0 atom stereocenters. The Morgan fingerprint density at radius 1 is 1.19 bits per heavy atom. The van der Waals surface area contributed by atoms with Crippen molar-refractivity contribution in [1.29, 1.82) is 0 Å². The van der Waals surface area contributed by atoms with Crippen molar-refractivity contribution >= 4 is 16.1 Å². The average molecular weight is 324 g/mol. The SMILES string of the molecule is C=C(C)C(=O)OCCOCC[N+](C)(C)CCCS(=O)(=O)O. The van der Waals surface area contributed by atoms with Gasteiger partial charge in [0.25, 0.3) is 10.1 Å². The van der Waals surface area contributed by atoms with Gasteiger partial charge in [-0.1, -0.05) is 6.58 Å². The standard InChI is InChI=1S/C13H25NO6S/c1-12(2)13(15)20-10-9-19-8-7-14(3,4)6-5-11-21(16,17)18/h1,5-11H2,2-4H3/p+1. The Hall–Kier alpha value is -0.960. The second-order valence-electron chi connectivity index (χ2n) is 5.55. The lowest BCUT2D eigenvalue weighted by molar-refractivity contribution is -0.890. The van der Waals surface area contributed by atoms with Crippen molar-refractivity contribution in [1.82, 2.24) is 0 Å². The van der Waals surface area contributed by atoms with Crippen LogP contribution in [0.4, 0.5) is 0 Å². The first-order valence-corrected chi connectivity index (χ1v) is 8.32. The van der Waals surface area contributed by atoms with Crippen LogP contribution in [0, 0.1) is 0 Å². The van der Waals surface area contributed by atoms with Crippen molar-refractivity contribution < 1.29 is 31.7 Å². The summed E-state index contributed by atoms with van der Waals surface area (Å²) in [5.41, 5.74) is 0.353. The number of hydrogen-bond acceptors (Lipinski definition) is 5. The van der Waals surface area contributed by atoms with Gasteiger partial charge in [-0.3, -0.25) is 4.55 Å². The molecule has 0 heterocycles. The maximum absolute atomic E-state index is 11.1. The molecule has 0 unspecified atom stereocenters. The van der Waals surface area contributed by atoms with E-state index in [1.807, 2.05) is 14.1 Å². The Bertz CT molecular complexity index is 444. The minimum Gasteiger partial charge on any atom is -0.460 e. The van der Waals surface area contributed by atoms with Crippen molar-refractivity contribution in [2.45, 2.75) is 13.3 Å². The van der Waals surface area contributed by atoms with Gasteiger partial charge in [0.2, 0.25) is 0 Å².